The van der Waals surface area contributed by atoms with Crippen LogP contribution in [0.2, 0.25) is 0 Å². The Balaban J connectivity index is 1.99. The first kappa shape index (κ1) is 14.4. The first-order valence-corrected chi connectivity index (χ1v) is 8.42. The molecule has 0 saturated carbocycles. The normalized spacial score (nSPS) is 11.5. The second-order valence-electron chi connectivity index (χ2n) is 4.36. The highest BCUT2D eigenvalue weighted by molar-refractivity contribution is 7.99. The van der Waals surface area contributed by atoms with Crippen molar-refractivity contribution >= 4 is 28.1 Å². The van der Waals surface area contributed by atoms with E-state index in [9.17, 15) is 4.79 Å². The molecule has 0 radical (unpaired) electrons. The number of fused-ring (bicyclic) bond motifs is 1. The molecule has 112 valence electrons. The molecule has 0 spiro atoms. The van der Waals surface area contributed by atoms with Crippen LogP contribution in [0.25, 0.3) is 4.96 Å². The van der Waals surface area contributed by atoms with E-state index in [0.717, 1.165) is 28.8 Å². The molecule has 3 rings (SSSR count). The van der Waals surface area contributed by atoms with Crippen LogP contribution in [0.5, 0.6) is 0 Å². The van der Waals surface area contributed by atoms with Gasteiger partial charge in [0.25, 0.3) is 0 Å². The zero-order valence-electron chi connectivity index (χ0n) is 11.8. The molecule has 3 heterocycles. The van der Waals surface area contributed by atoms with Gasteiger partial charge in [-0.3, -0.25) is 8.97 Å². The van der Waals surface area contributed by atoms with Crippen LogP contribution >= 0.6 is 23.1 Å². The number of hydrogen-bond acceptors (Lipinski definition) is 6. The minimum atomic E-state index is -0.186. The van der Waals surface area contributed by atoms with Crippen LogP contribution in [-0.2, 0) is 13.1 Å². The minimum Gasteiger partial charge on any atom is -0.311 e. The van der Waals surface area contributed by atoms with Gasteiger partial charge in [0, 0.05) is 24.7 Å². The van der Waals surface area contributed by atoms with Gasteiger partial charge in [-0.25, -0.2) is 14.9 Å². The standard InChI is InChI=1S/C12H16N6OS2/c1-3-13-7-8-9(14-11-18(8)5-6-20-11)21-12-16-15-10(19)17(12)4-2/h5-6,13H,3-4,7H2,1-2H3,(H,15,19). The smallest absolute Gasteiger partial charge is 0.311 e. The second-order valence-corrected chi connectivity index (χ2v) is 6.19. The summed E-state index contributed by atoms with van der Waals surface area (Å²) in [6, 6.07) is 0. The van der Waals surface area contributed by atoms with Crippen molar-refractivity contribution in [2.75, 3.05) is 6.54 Å². The predicted octanol–water partition coefficient (Wildman–Crippen LogP) is 1.56. The third-order valence-corrected chi connectivity index (χ3v) is 4.87. The number of aromatic nitrogens is 5. The molecular weight excluding hydrogens is 308 g/mol. The maximum absolute atomic E-state index is 11.6. The molecule has 2 N–H and O–H groups in total. The number of hydrogen-bond donors (Lipinski definition) is 2. The summed E-state index contributed by atoms with van der Waals surface area (Å²) in [5.74, 6) is 0. The average molecular weight is 324 g/mol. The van der Waals surface area contributed by atoms with Crippen molar-refractivity contribution in [3.63, 3.8) is 0 Å². The van der Waals surface area contributed by atoms with Gasteiger partial charge in [0.05, 0.1) is 5.69 Å². The molecule has 3 aromatic heterocycles. The first-order chi connectivity index (χ1) is 10.2. The van der Waals surface area contributed by atoms with Crippen LogP contribution in [0.1, 0.15) is 19.5 Å². The Labute approximate surface area is 129 Å². The lowest BCUT2D eigenvalue weighted by molar-refractivity contribution is 0.658. The molecule has 0 amide bonds. The number of nitrogens with one attached hydrogen (secondary N) is 2. The zero-order chi connectivity index (χ0) is 14.8. The number of nitrogens with zero attached hydrogens (tertiary/aromatic N) is 4. The lowest BCUT2D eigenvalue weighted by atomic mass is 10.4. The highest BCUT2D eigenvalue weighted by atomic mass is 32.2. The summed E-state index contributed by atoms with van der Waals surface area (Å²) in [4.78, 5) is 17.2. The Morgan fingerprint density at radius 1 is 1.48 bits per heavy atom. The van der Waals surface area contributed by atoms with Crippen LogP contribution in [0.4, 0.5) is 0 Å². The van der Waals surface area contributed by atoms with Crippen molar-refractivity contribution in [3.05, 3.63) is 27.8 Å². The molecule has 0 fully saturated rings. The van der Waals surface area contributed by atoms with E-state index < -0.39 is 0 Å². The van der Waals surface area contributed by atoms with Gasteiger partial charge in [0.2, 0.25) is 0 Å². The molecule has 9 heteroatoms. The van der Waals surface area contributed by atoms with E-state index in [0.29, 0.717) is 11.7 Å². The fourth-order valence-electron chi connectivity index (χ4n) is 2.05. The summed E-state index contributed by atoms with van der Waals surface area (Å²) in [5.41, 5.74) is 0.908. The lowest BCUT2D eigenvalue weighted by Gasteiger charge is -2.04. The van der Waals surface area contributed by atoms with Gasteiger partial charge in [0.1, 0.15) is 5.03 Å². The molecule has 7 nitrogen and oxygen atoms in total. The van der Waals surface area contributed by atoms with Crippen LogP contribution in [0.15, 0.2) is 26.6 Å². The number of H-pyrrole nitrogens is 1. The van der Waals surface area contributed by atoms with E-state index in [1.54, 1.807) is 15.9 Å². The van der Waals surface area contributed by atoms with Gasteiger partial charge in [-0.15, -0.1) is 16.4 Å². The Morgan fingerprint density at radius 2 is 2.33 bits per heavy atom. The Morgan fingerprint density at radius 3 is 3.10 bits per heavy atom. The molecule has 0 aliphatic rings. The molecule has 3 aromatic rings. The monoisotopic (exact) mass is 324 g/mol. The van der Waals surface area contributed by atoms with E-state index in [1.165, 1.54) is 11.8 Å². The highest BCUT2D eigenvalue weighted by Crippen LogP contribution is 2.30. The quantitative estimate of drug-likeness (QED) is 0.719. The number of aromatic amines is 1. The molecule has 0 unspecified atom stereocenters. The Bertz CT molecular complexity index is 798. The third-order valence-electron chi connectivity index (χ3n) is 3.09. The molecular formula is C12H16N6OS2. The average Bonchev–Trinajstić information content (AvgIpc) is 3.13. The highest BCUT2D eigenvalue weighted by Gasteiger charge is 2.17. The molecule has 0 aliphatic carbocycles. The van der Waals surface area contributed by atoms with Crippen molar-refractivity contribution in [2.45, 2.75) is 37.1 Å². The van der Waals surface area contributed by atoms with Crippen molar-refractivity contribution in [1.82, 2.24) is 29.5 Å². The minimum absolute atomic E-state index is 0.186. The molecule has 0 atom stereocenters. The third kappa shape index (κ3) is 2.63. The van der Waals surface area contributed by atoms with Crippen LogP contribution in [0, 0.1) is 0 Å². The van der Waals surface area contributed by atoms with E-state index in [1.807, 2.05) is 18.5 Å². The van der Waals surface area contributed by atoms with E-state index in [4.69, 9.17) is 0 Å². The fraction of sp³-hybridized carbons (Fsp3) is 0.417. The maximum atomic E-state index is 11.6. The van der Waals surface area contributed by atoms with E-state index in [-0.39, 0.29) is 5.69 Å². The summed E-state index contributed by atoms with van der Waals surface area (Å²) in [5, 5.41) is 13.4. The van der Waals surface area contributed by atoms with Gasteiger partial charge < -0.3 is 5.32 Å². The van der Waals surface area contributed by atoms with Crippen molar-refractivity contribution in [3.8, 4) is 0 Å². The molecule has 0 aliphatic heterocycles. The summed E-state index contributed by atoms with van der Waals surface area (Å²) < 4.78 is 3.69. The summed E-state index contributed by atoms with van der Waals surface area (Å²) in [6.45, 7) is 6.21. The summed E-state index contributed by atoms with van der Waals surface area (Å²) in [6.07, 6.45) is 2.02. The van der Waals surface area contributed by atoms with Crippen LogP contribution < -0.4 is 11.0 Å². The van der Waals surface area contributed by atoms with Gasteiger partial charge in [-0.1, -0.05) is 6.92 Å². The van der Waals surface area contributed by atoms with Gasteiger partial charge in [0.15, 0.2) is 10.1 Å². The molecule has 0 aromatic carbocycles. The van der Waals surface area contributed by atoms with E-state index in [2.05, 4.69) is 31.8 Å². The Hall–Kier alpha value is -1.58. The van der Waals surface area contributed by atoms with Crippen LogP contribution in [-0.4, -0.2) is 30.7 Å². The van der Waals surface area contributed by atoms with E-state index >= 15 is 0 Å². The molecule has 0 bridgehead atoms. The van der Waals surface area contributed by atoms with Gasteiger partial charge in [-0.05, 0) is 25.2 Å². The topological polar surface area (TPSA) is 80.0 Å². The number of rotatable bonds is 6. The molecule has 0 saturated heterocycles. The number of thiazole rings is 1. The zero-order valence-corrected chi connectivity index (χ0v) is 13.4. The van der Waals surface area contributed by atoms with Gasteiger partial charge >= 0.3 is 5.69 Å². The van der Waals surface area contributed by atoms with Crippen molar-refractivity contribution in [2.24, 2.45) is 0 Å². The SMILES string of the molecule is CCNCc1c(Sc2n[nH]c(=O)n2CC)nc2sccn12. The van der Waals surface area contributed by atoms with Gasteiger partial charge in [-0.2, -0.15) is 0 Å². The summed E-state index contributed by atoms with van der Waals surface area (Å²) in [7, 11) is 0. The number of imidazole rings is 1. The maximum Gasteiger partial charge on any atom is 0.343 e. The van der Waals surface area contributed by atoms with Crippen LogP contribution in [0.3, 0.4) is 0 Å². The first-order valence-electron chi connectivity index (χ1n) is 6.72. The lowest BCUT2D eigenvalue weighted by Crippen LogP contribution is -2.16. The van der Waals surface area contributed by atoms with Crippen molar-refractivity contribution < 1.29 is 0 Å². The second kappa shape index (κ2) is 6.04. The fourth-order valence-corrected chi connectivity index (χ4v) is 3.84. The largest absolute Gasteiger partial charge is 0.343 e. The molecule has 21 heavy (non-hydrogen) atoms. The summed E-state index contributed by atoms with van der Waals surface area (Å²) >= 11 is 3.02. The predicted molar refractivity (Wildman–Crippen MR) is 83.1 cm³/mol. The van der Waals surface area contributed by atoms with Crippen molar-refractivity contribution in [1.29, 1.82) is 0 Å². The Kier molecular flexibility index (Phi) is 4.13.